The SMILES string of the molecule is COC(=O)OC(C)Oc1c(C(=O)CCc2ccc(F)cc2)nc(C(C)(C)NC(=O)c2nnc(C)o2)n(C)c1=O. The highest BCUT2D eigenvalue weighted by Gasteiger charge is 2.33. The van der Waals surface area contributed by atoms with Gasteiger partial charge in [-0.05, 0) is 38.0 Å². The molecule has 0 saturated heterocycles. The Morgan fingerprint density at radius 2 is 1.85 bits per heavy atom. The minimum Gasteiger partial charge on any atom is -0.447 e. The van der Waals surface area contributed by atoms with Gasteiger partial charge in [0.1, 0.15) is 11.6 Å². The predicted molar refractivity (Wildman–Crippen MR) is 132 cm³/mol. The van der Waals surface area contributed by atoms with E-state index in [-0.39, 0.29) is 36.1 Å². The number of hydrogen-bond acceptors (Lipinski definition) is 11. The van der Waals surface area contributed by atoms with Crippen LogP contribution in [0.25, 0.3) is 0 Å². The molecular formula is C25H28FN5O8. The van der Waals surface area contributed by atoms with Gasteiger partial charge in [0.25, 0.3) is 5.56 Å². The van der Waals surface area contributed by atoms with Crippen molar-refractivity contribution in [1.29, 1.82) is 0 Å². The lowest BCUT2D eigenvalue weighted by Crippen LogP contribution is -2.46. The monoisotopic (exact) mass is 545 g/mol. The van der Waals surface area contributed by atoms with Gasteiger partial charge < -0.3 is 23.9 Å². The first-order valence-electron chi connectivity index (χ1n) is 11.8. The first-order valence-corrected chi connectivity index (χ1v) is 11.8. The third-order valence-electron chi connectivity index (χ3n) is 5.49. The Kier molecular flexibility index (Phi) is 8.78. The first-order chi connectivity index (χ1) is 18.3. The van der Waals surface area contributed by atoms with E-state index in [1.54, 1.807) is 13.8 Å². The quantitative estimate of drug-likeness (QED) is 0.226. The number of nitrogens with zero attached hydrogens (tertiary/aromatic N) is 4. The number of carbonyl (C=O) groups excluding carboxylic acids is 3. The van der Waals surface area contributed by atoms with Crippen molar-refractivity contribution >= 4 is 17.8 Å². The number of aryl methyl sites for hydroxylation is 2. The van der Waals surface area contributed by atoms with Crippen molar-refractivity contribution in [3.63, 3.8) is 0 Å². The summed E-state index contributed by atoms with van der Waals surface area (Å²) in [7, 11) is 2.47. The third kappa shape index (κ3) is 7.03. The summed E-state index contributed by atoms with van der Waals surface area (Å²) in [5.74, 6) is -2.28. The molecule has 1 unspecified atom stereocenters. The van der Waals surface area contributed by atoms with Crippen LogP contribution in [0.1, 0.15) is 65.6 Å². The Morgan fingerprint density at radius 1 is 1.18 bits per heavy atom. The second kappa shape index (κ2) is 11.8. The molecule has 3 aromatic rings. The number of rotatable bonds is 10. The van der Waals surface area contributed by atoms with Crippen molar-refractivity contribution in [3.8, 4) is 5.75 Å². The maximum atomic E-state index is 13.4. The molecule has 0 bridgehead atoms. The lowest BCUT2D eigenvalue weighted by atomic mass is 10.0. The van der Waals surface area contributed by atoms with Crippen LogP contribution in [0.2, 0.25) is 0 Å². The molecule has 1 atom stereocenters. The zero-order valence-corrected chi connectivity index (χ0v) is 22.2. The van der Waals surface area contributed by atoms with Gasteiger partial charge in [-0.15, -0.1) is 10.2 Å². The second-order valence-corrected chi connectivity index (χ2v) is 8.99. The van der Waals surface area contributed by atoms with Crippen LogP contribution in [0.5, 0.6) is 5.75 Å². The molecule has 14 heteroatoms. The van der Waals surface area contributed by atoms with E-state index in [0.29, 0.717) is 5.56 Å². The average molecular weight is 546 g/mol. The van der Waals surface area contributed by atoms with Crippen molar-refractivity contribution in [3.05, 3.63) is 69.3 Å². The maximum absolute atomic E-state index is 13.4. The zero-order valence-electron chi connectivity index (χ0n) is 22.2. The van der Waals surface area contributed by atoms with Gasteiger partial charge >= 0.3 is 18.0 Å². The fraction of sp³-hybridized carbons (Fsp3) is 0.400. The van der Waals surface area contributed by atoms with E-state index in [4.69, 9.17) is 13.9 Å². The van der Waals surface area contributed by atoms with Crippen LogP contribution < -0.4 is 15.6 Å². The summed E-state index contributed by atoms with van der Waals surface area (Å²) in [5.41, 5.74) is -1.75. The fourth-order valence-electron chi connectivity index (χ4n) is 3.62. The lowest BCUT2D eigenvalue weighted by molar-refractivity contribution is -0.0484. The van der Waals surface area contributed by atoms with Crippen molar-refractivity contribution in [2.45, 2.75) is 52.4 Å². The molecule has 0 spiro atoms. The topological polar surface area (TPSA) is 165 Å². The molecule has 39 heavy (non-hydrogen) atoms. The number of benzene rings is 1. The van der Waals surface area contributed by atoms with Crippen LogP contribution in [0.15, 0.2) is 33.5 Å². The van der Waals surface area contributed by atoms with Gasteiger partial charge in [-0.2, -0.15) is 0 Å². The highest BCUT2D eigenvalue weighted by molar-refractivity contribution is 5.97. The van der Waals surface area contributed by atoms with Gasteiger partial charge in [-0.25, -0.2) is 14.2 Å². The van der Waals surface area contributed by atoms with Crippen LogP contribution in [0.3, 0.4) is 0 Å². The van der Waals surface area contributed by atoms with Crippen molar-refractivity contribution in [2.75, 3.05) is 7.11 Å². The molecule has 1 aromatic carbocycles. The number of ether oxygens (including phenoxy) is 3. The van der Waals surface area contributed by atoms with Crippen LogP contribution in [-0.4, -0.2) is 51.0 Å². The molecular weight excluding hydrogens is 517 g/mol. The average Bonchev–Trinajstić information content (AvgIpc) is 3.32. The molecule has 0 radical (unpaired) electrons. The summed E-state index contributed by atoms with van der Waals surface area (Å²) >= 11 is 0. The number of aromatic nitrogens is 4. The number of hydrogen-bond donors (Lipinski definition) is 1. The lowest BCUT2D eigenvalue weighted by Gasteiger charge is -2.28. The Hall–Kier alpha value is -4.62. The summed E-state index contributed by atoms with van der Waals surface area (Å²) in [5, 5.41) is 9.96. The van der Waals surface area contributed by atoms with E-state index in [2.05, 4.69) is 25.2 Å². The summed E-state index contributed by atoms with van der Waals surface area (Å²) in [6.45, 7) is 5.97. The third-order valence-corrected chi connectivity index (χ3v) is 5.49. The van der Waals surface area contributed by atoms with E-state index in [1.807, 2.05) is 0 Å². The number of nitrogens with one attached hydrogen (secondary N) is 1. The van der Waals surface area contributed by atoms with Gasteiger partial charge in [0, 0.05) is 27.3 Å². The number of Topliss-reactive ketones (excluding diaryl/α,β-unsaturated/α-hetero) is 1. The molecule has 2 heterocycles. The minimum absolute atomic E-state index is 0.0103. The highest BCUT2D eigenvalue weighted by Crippen LogP contribution is 2.23. The van der Waals surface area contributed by atoms with Gasteiger partial charge in [0.05, 0.1) is 12.6 Å². The summed E-state index contributed by atoms with van der Waals surface area (Å²) < 4.78 is 34.4. The van der Waals surface area contributed by atoms with E-state index < -0.39 is 46.8 Å². The predicted octanol–water partition coefficient (Wildman–Crippen LogP) is 2.60. The molecule has 13 nitrogen and oxygen atoms in total. The smallest absolute Gasteiger partial charge is 0.447 e. The fourth-order valence-corrected chi connectivity index (χ4v) is 3.62. The van der Waals surface area contributed by atoms with Crippen molar-refractivity contribution in [1.82, 2.24) is 25.1 Å². The summed E-state index contributed by atoms with van der Waals surface area (Å²) in [6.07, 6.45) is -2.26. The summed E-state index contributed by atoms with van der Waals surface area (Å²) in [4.78, 5) is 55.3. The molecule has 0 aliphatic carbocycles. The Balaban J connectivity index is 2.00. The summed E-state index contributed by atoms with van der Waals surface area (Å²) in [6, 6.07) is 5.61. The van der Waals surface area contributed by atoms with Crippen LogP contribution >= 0.6 is 0 Å². The Morgan fingerprint density at radius 3 is 2.44 bits per heavy atom. The van der Waals surface area contributed by atoms with Crippen LogP contribution in [0, 0.1) is 12.7 Å². The molecule has 0 fully saturated rings. The van der Waals surface area contributed by atoms with Crippen LogP contribution in [-0.2, 0) is 28.5 Å². The second-order valence-electron chi connectivity index (χ2n) is 8.99. The van der Waals surface area contributed by atoms with Gasteiger partial charge in [-0.3, -0.25) is 19.0 Å². The molecule has 0 aliphatic heterocycles. The zero-order chi connectivity index (χ0) is 28.9. The maximum Gasteiger partial charge on any atom is 0.511 e. The molecule has 2 aromatic heterocycles. The number of amides is 1. The van der Waals surface area contributed by atoms with Crippen molar-refractivity contribution < 1.29 is 37.4 Å². The van der Waals surface area contributed by atoms with E-state index >= 15 is 0 Å². The minimum atomic E-state index is -1.31. The first kappa shape index (κ1) is 28.9. The normalized spacial score (nSPS) is 12.0. The molecule has 0 aliphatic rings. The number of methoxy groups -OCH3 is 1. The van der Waals surface area contributed by atoms with E-state index in [1.165, 1.54) is 45.2 Å². The van der Waals surface area contributed by atoms with E-state index in [0.717, 1.165) is 11.7 Å². The molecule has 3 rings (SSSR count). The van der Waals surface area contributed by atoms with E-state index in [9.17, 15) is 23.6 Å². The number of carbonyl (C=O) groups is 3. The largest absolute Gasteiger partial charge is 0.511 e. The standard InChI is InChI=1S/C25H28FN5O8/c1-13-29-30-21(37-13)20(33)28-25(3,4)23-27-18(17(32)12-9-15-7-10-16(26)11-8-15)19(22(34)31(23)5)38-14(2)39-24(35)36-6/h7-8,10-11,14H,9,12H2,1-6H3,(H,28,33). The van der Waals surface area contributed by atoms with Gasteiger partial charge in [0.2, 0.25) is 17.9 Å². The molecule has 1 amide bonds. The van der Waals surface area contributed by atoms with Gasteiger partial charge in [-0.1, -0.05) is 12.1 Å². The molecule has 208 valence electrons. The highest BCUT2D eigenvalue weighted by atomic mass is 19.1. The number of ketones is 1. The van der Waals surface area contributed by atoms with Crippen LogP contribution in [0.4, 0.5) is 9.18 Å². The molecule has 0 saturated carbocycles. The molecule has 1 N–H and O–H groups in total. The van der Waals surface area contributed by atoms with Gasteiger partial charge in [0.15, 0.2) is 11.5 Å². The Bertz CT molecular complexity index is 1430. The number of halogens is 1. The Labute approximate surface area is 222 Å². The van der Waals surface area contributed by atoms with Crippen molar-refractivity contribution in [2.24, 2.45) is 7.05 Å².